The number of Topliss-reactive ketones (excluding diaryl/α,β-unsaturated/α-hetero) is 1. The summed E-state index contributed by atoms with van der Waals surface area (Å²) in [6.45, 7) is -6.00. The first-order chi connectivity index (χ1) is 16.1. The Labute approximate surface area is 189 Å². The van der Waals surface area contributed by atoms with E-state index in [4.69, 9.17) is 9.47 Å². The van der Waals surface area contributed by atoms with Crippen LogP contribution < -0.4 is 24.3 Å². The van der Waals surface area contributed by atoms with Gasteiger partial charge in [0, 0.05) is 6.07 Å². The lowest BCUT2D eigenvalue weighted by Crippen LogP contribution is -2.41. The molecule has 1 N–H and O–H groups in total. The van der Waals surface area contributed by atoms with E-state index in [1.54, 1.807) is 12.1 Å². The fraction of sp³-hybridized carbons (Fsp3) is 0.286. The standard InChI is InChI=1S/C21H16F4N2O7/c1-21(10-2-5-14-16(6-10)32-9-31-14)17(29)27(20(30)26-21)8-13(28)12-4-3-11(33-18(22)23)7-15(12)34-19(24)25/h2-7,18-19H,8-9H2,1H3,(H,26,30). The van der Waals surface area contributed by atoms with Crippen LogP contribution in [0.3, 0.4) is 0 Å². The molecule has 1 fully saturated rings. The van der Waals surface area contributed by atoms with Crippen molar-refractivity contribution in [2.75, 3.05) is 13.3 Å². The number of halogens is 4. The Morgan fingerprint density at radius 3 is 2.47 bits per heavy atom. The van der Waals surface area contributed by atoms with Gasteiger partial charge in [-0.3, -0.25) is 14.5 Å². The monoisotopic (exact) mass is 484 g/mol. The van der Waals surface area contributed by atoms with Crippen LogP contribution in [-0.2, 0) is 10.3 Å². The minimum atomic E-state index is -3.38. The maximum Gasteiger partial charge on any atom is 0.387 e. The van der Waals surface area contributed by atoms with Crippen LogP contribution in [0.4, 0.5) is 22.4 Å². The van der Waals surface area contributed by atoms with Gasteiger partial charge < -0.3 is 24.3 Å². The molecular formula is C21H16F4N2O7. The third kappa shape index (κ3) is 4.28. The number of nitrogens with one attached hydrogen (secondary N) is 1. The van der Waals surface area contributed by atoms with Gasteiger partial charge in [-0.15, -0.1) is 0 Å². The van der Waals surface area contributed by atoms with E-state index >= 15 is 0 Å². The minimum absolute atomic E-state index is 0.000594. The molecule has 2 aliphatic rings. The number of ether oxygens (including phenoxy) is 4. The van der Waals surface area contributed by atoms with E-state index in [1.165, 1.54) is 13.0 Å². The third-order valence-corrected chi connectivity index (χ3v) is 5.22. The van der Waals surface area contributed by atoms with Gasteiger partial charge in [0.1, 0.15) is 17.0 Å². The lowest BCUT2D eigenvalue weighted by atomic mass is 9.91. The zero-order chi connectivity index (χ0) is 24.6. The Kier molecular flexibility index (Phi) is 5.94. The molecule has 0 radical (unpaired) electrons. The first kappa shape index (κ1) is 23.1. The molecule has 2 heterocycles. The SMILES string of the molecule is CC1(c2ccc3c(c2)OCO3)NC(=O)N(CC(=O)c2ccc(OC(F)F)cc2OC(F)F)C1=O. The van der Waals surface area contributed by atoms with Crippen LogP contribution >= 0.6 is 0 Å². The van der Waals surface area contributed by atoms with E-state index in [2.05, 4.69) is 14.8 Å². The molecule has 0 bridgehead atoms. The van der Waals surface area contributed by atoms with Crippen LogP contribution in [0.1, 0.15) is 22.8 Å². The van der Waals surface area contributed by atoms with Gasteiger partial charge in [-0.2, -0.15) is 17.6 Å². The molecule has 0 saturated carbocycles. The van der Waals surface area contributed by atoms with Crippen LogP contribution in [0.15, 0.2) is 36.4 Å². The number of carbonyl (C=O) groups is 3. The summed E-state index contributed by atoms with van der Waals surface area (Å²) >= 11 is 0. The predicted octanol–water partition coefficient (Wildman–Crippen LogP) is 3.27. The zero-order valence-corrected chi connectivity index (χ0v) is 17.3. The maximum absolute atomic E-state index is 13.1. The summed E-state index contributed by atoms with van der Waals surface area (Å²) in [5.74, 6) is -2.16. The van der Waals surface area contributed by atoms with E-state index in [1.807, 2.05) is 0 Å². The normalized spacial score (nSPS) is 19.1. The Bertz CT molecular complexity index is 1160. The number of alkyl halides is 4. The maximum atomic E-state index is 13.1. The van der Waals surface area contributed by atoms with Gasteiger partial charge in [-0.05, 0) is 36.8 Å². The molecule has 2 aromatic rings. The van der Waals surface area contributed by atoms with E-state index in [-0.39, 0.29) is 6.79 Å². The second-order valence-electron chi connectivity index (χ2n) is 7.35. The summed E-state index contributed by atoms with van der Waals surface area (Å²) in [6, 6.07) is 6.29. The van der Waals surface area contributed by atoms with Crippen molar-refractivity contribution in [3.63, 3.8) is 0 Å². The van der Waals surface area contributed by atoms with Crippen LogP contribution in [-0.4, -0.2) is 49.2 Å². The van der Waals surface area contributed by atoms with Crippen molar-refractivity contribution in [1.29, 1.82) is 0 Å². The number of rotatable bonds is 8. The van der Waals surface area contributed by atoms with E-state index < -0.39 is 60.1 Å². The van der Waals surface area contributed by atoms with Crippen molar-refractivity contribution in [1.82, 2.24) is 10.2 Å². The second kappa shape index (κ2) is 8.72. The quantitative estimate of drug-likeness (QED) is 0.349. The van der Waals surface area contributed by atoms with Gasteiger partial charge in [-0.1, -0.05) is 6.07 Å². The average Bonchev–Trinajstić information content (AvgIpc) is 3.31. The van der Waals surface area contributed by atoms with Crippen LogP contribution in [0, 0.1) is 0 Å². The highest BCUT2D eigenvalue weighted by Crippen LogP contribution is 2.38. The van der Waals surface area contributed by atoms with Crippen molar-refractivity contribution >= 4 is 17.7 Å². The van der Waals surface area contributed by atoms with Crippen LogP contribution in [0.5, 0.6) is 23.0 Å². The summed E-state index contributed by atoms with van der Waals surface area (Å²) in [5.41, 5.74) is -1.64. The molecule has 2 aliphatic heterocycles. The third-order valence-electron chi connectivity index (χ3n) is 5.22. The minimum Gasteiger partial charge on any atom is -0.454 e. The molecule has 2 aromatic carbocycles. The summed E-state index contributed by atoms with van der Waals surface area (Å²) in [6.07, 6.45) is 0. The number of carbonyl (C=O) groups excluding carboxylic acids is 3. The number of amides is 3. The molecule has 34 heavy (non-hydrogen) atoms. The van der Waals surface area contributed by atoms with Crippen LogP contribution in [0.2, 0.25) is 0 Å². The van der Waals surface area contributed by atoms with Gasteiger partial charge in [0.25, 0.3) is 5.91 Å². The highest BCUT2D eigenvalue weighted by atomic mass is 19.3. The Balaban J connectivity index is 1.57. The summed E-state index contributed by atoms with van der Waals surface area (Å²) < 4.78 is 69.4. The average molecular weight is 484 g/mol. The molecule has 1 unspecified atom stereocenters. The van der Waals surface area contributed by atoms with Crippen molar-refractivity contribution in [3.05, 3.63) is 47.5 Å². The fourth-order valence-electron chi connectivity index (χ4n) is 3.58. The van der Waals surface area contributed by atoms with Gasteiger partial charge >= 0.3 is 19.3 Å². The number of hydrogen-bond acceptors (Lipinski definition) is 7. The first-order valence-corrected chi connectivity index (χ1v) is 9.69. The molecule has 4 rings (SSSR count). The number of benzene rings is 2. The smallest absolute Gasteiger partial charge is 0.387 e. The highest BCUT2D eigenvalue weighted by Gasteiger charge is 2.50. The Morgan fingerprint density at radius 1 is 1.06 bits per heavy atom. The lowest BCUT2D eigenvalue weighted by molar-refractivity contribution is -0.130. The number of urea groups is 1. The van der Waals surface area contributed by atoms with Crippen molar-refractivity contribution in [2.45, 2.75) is 25.7 Å². The molecule has 13 heteroatoms. The zero-order valence-electron chi connectivity index (χ0n) is 17.3. The molecular weight excluding hydrogens is 468 g/mol. The summed E-state index contributed by atoms with van der Waals surface area (Å²) in [4.78, 5) is 39.1. The van der Waals surface area contributed by atoms with Gasteiger partial charge in [0.2, 0.25) is 6.79 Å². The van der Waals surface area contributed by atoms with Gasteiger partial charge in [0.15, 0.2) is 17.3 Å². The number of fused-ring (bicyclic) bond motifs is 1. The van der Waals surface area contributed by atoms with Gasteiger partial charge in [-0.25, -0.2) is 4.79 Å². The van der Waals surface area contributed by atoms with E-state index in [0.29, 0.717) is 28.0 Å². The topological polar surface area (TPSA) is 103 Å². The van der Waals surface area contributed by atoms with E-state index in [9.17, 15) is 31.9 Å². The Morgan fingerprint density at radius 2 is 1.76 bits per heavy atom. The van der Waals surface area contributed by atoms with Crippen molar-refractivity contribution in [2.24, 2.45) is 0 Å². The molecule has 0 aromatic heterocycles. The predicted molar refractivity (Wildman–Crippen MR) is 104 cm³/mol. The molecule has 180 valence electrons. The summed E-state index contributed by atoms with van der Waals surface area (Å²) in [5, 5.41) is 2.51. The summed E-state index contributed by atoms with van der Waals surface area (Å²) in [7, 11) is 0. The second-order valence-corrected chi connectivity index (χ2v) is 7.35. The number of imide groups is 1. The largest absolute Gasteiger partial charge is 0.454 e. The number of nitrogens with zero attached hydrogens (tertiary/aromatic N) is 1. The number of ketones is 1. The van der Waals surface area contributed by atoms with Crippen LogP contribution in [0.25, 0.3) is 0 Å². The fourth-order valence-corrected chi connectivity index (χ4v) is 3.58. The first-order valence-electron chi connectivity index (χ1n) is 9.69. The van der Waals surface area contributed by atoms with E-state index in [0.717, 1.165) is 12.1 Å². The Hall–Kier alpha value is -4.03. The van der Waals surface area contributed by atoms with Crippen molar-refractivity contribution in [3.8, 4) is 23.0 Å². The number of hydrogen-bond donors (Lipinski definition) is 1. The molecule has 0 spiro atoms. The molecule has 9 nitrogen and oxygen atoms in total. The molecule has 1 atom stereocenters. The molecule has 1 saturated heterocycles. The highest BCUT2D eigenvalue weighted by molar-refractivity contribution is 6.11. The molecule has 3 amide bonds. The van der Waals surface area contributed by atoms with Crippen molar-refractivity contribution < 1.29 is 50.9 Å². The molecule has 0 aliphatic carbocycles. The van der Waals surface area contributed by atoms with Gasteiger partial charge in [0.05, 0.1) is 12.1 Å². The lowest BCUT2D eigenvalue weighted by Gasteiger charge is -2.22.